The number of hydrogen-bond acceptors (Lipinski definition) is 4. The Morgan fingerprint density at radius 3 is 2.26 bits per heavy atom. The lowest BCUT2D eigenvalue weighted by Crippen LogP contribution is -2.30. The maximum atomic E-state index is 11.7. The van der Waals surface area contributed by atoms with Gasteiger partial charge in [0.1, 0.15) is 0 Å². The molecule has 1 aliphatic carbocycles. The van der Waals surface area contributed by atoms with E-state index in [1.54, 1.807) is 0 Å². The predicted octanol–water partition coefficient (Wildman–Crippen LogP) is 1.39. The number of carbonyl (C=O) groups excluding carboxylic acids is 2. The highest BCUT2D eigenvalue weighted by Gasteiger charge is 2.67. The van der Waals surface area contributed by atoms with Crippen LogP contribution in [0, 0.1) is 23.2 Å². The lowest BCUT2D eigenvalue weighted by Gasteiger charge is -2.09. The molecule has 1 atom stereocenters. The molecule has 1 saturated carbocycles. The maximum absolute atomic E-state index is 11.7. The molecule has 0 heterocycles. The summed E-state index contributed by atoms with van der Waals surface area (Å²) in [6, 6.07) is 9.39. The summed E-state index contributed by atoms with van der Waals surface area (Å²) in [6.07, 6.45) is 0.353. The van der Waals surface area contributed by atoms with Gasteiger partial charge >= 0.3 is 11.9 Å². The molecule has 0 amide bonds. The van der Waals surface area contributed by atoms with E-state index in [-0.39, 0.29) is 5.92 Å². The van der Waals surface area contributed by atoms with Crippen LogP contribution in [0.5, 0.6) is 0 Å². The van der Waals surface area contributed by atoms with E-state index >= 15 is 0 Å². The highest BCUT2D eigenvalue weighted by Crippen LogP contribution is 2.54. The van der Waals surface area contributed by atoms with Crippen LogP contribution in [0.25, 0.3) is 0 Å². The van der Waals surface area contributed by atoms with Gasteiger partial charge in [-0.25, -0.2) is 0 Å². The van der Waals surface area contributed by atoms with Crippen molar-refractivity contribution in [3.8, 4) is 11.8 Å². The van der Waals surface area contributed by atoms with Gasteiger partial charge in [0.25, 0.3) is 0 Å². The van der Waals surface area contributed by atoms with E-state index in [0.717, 1.165) is 5.56 Å². The Labute approximate surface area is 111 Å². The number of benzene rings is 1. The Morgan fingerprint density at radius 1 is 1.16 bits per heavy atom. The second-order valence-corrected chi connectivity index (χ2v) is 4.35. The largest absolute Gasteiger partial charge is 0.468 e. The van der Waals surface area contributed by atoms with Crippen LogP contribution in [0.4, 0.5) is 0 Å². The zero-order chi connectivity index (χ0) is 13.9. The van der Waals surface area contributed by atoms with Crippen LogP contribution in [0.3, 0.4) is 0 Å². The lowest BCUT2D eigenvalue weighted by molar-refractivity contribution is -0.161. The monoisotopic (exact) mass is 258 g/mol. The van der Waals surface area contributed by atoms with E-state index in [9.17, 15) is 9.59 Å². The van der Waals surface area contributed by atoms with E-state index in [2.05, 4.69) is 21.3 Å². The minimum Gasteiger partial charge on any atom is -0.468 e. The van der Waals surface area contributed by atoms with Gasteiger partial charge in [0.05, 0.1) is 14.2 Å². The molecule has 98 valence electrons. The van der Waals surface area contributed by atoms with E-state index in [4.69, 9.17) is 0 Å². The second-order valence-electron chi connectivity index (χ2n) is 4.35. The quantitative estimate of drug-likeness (QED) is 0.457. The van der Waals surface area contributed by atoms with Gasteiger partial charge in [-0.3, -0.25) is 9.59 Å². The fourth-order valence-corrected chi connectivity index (χ4v) is 2.03. The Morgan fingerprint density at radius 2 is 1.74 bits per heavy atom. The molecule has 0 aliphatic heterocycles. The van der Waals surface area contributed by atoms with Crippen LogP contribution in [0.2, 0.25) is 0 Å². The molecule has 0 bridgehead atoms. The standard InChI is InChI=1S/C15H14O4/c1-18-13(16)15(14(17)19-2)10-12(15)9-8-11-6-4-3-5-7-11/h3-7,12H,10H2,1-2H3. The van der Waals surface area contributed by atoms with E-state index in [0.29, 0.717) is 6.42 Å². The summed E-state index contributed by atoms with van der Waals surface area (Å²) < 4.78 is 9.35. The molecule has 0 saturated heterocycles. The maximum Gasteiger partial charge on any atom is 0.324 e. The molecular formula is C15H14O4. The summed E-state index contributed by atoms with van der Waals surface area (Å²) in [4.78, 5) is 23.5. The number of hydrogen-bond donors (Lipinski definition) is 0. The van der Waals surface area contributed by atoms with Gasteiger partial charge in [-0.1, -0.05) is 30.0 Å². The first-order chi connectivity index (χ1) is 9.15. The van der Waals surface area contributed by atoms with Crippen molar-refractivity contribution in [1.29, 1.82) is 0 Å². The Kier molecular flexibility index (Phi) is 3.57. The summed E-state index contributed by atoms with van der Waals surface area (Å²) >= 11 is 0. The molecule has 19 heavy (non-hydrogen) atoms. The lowest BCUT2D eigenvalue weighted by atomic mass is 10.0. The van der Waals surface area contributed by atoms with Crippen LogP contribution in [-0.4, -0.2) is 26.2 Å². The third-order valence-corrected chi connectivity index (χ3v) is 3.22. The van der Waals surface area contributed by atoms with Gasteiger partial charge < -0.3 is 9.47 Å². The number of methoxy groups -OCH3 is 2. The molecule has 4 nitrogen and oxygen atoms in total. The van der Waals surface area contributed by atoms with Crippen molar-refractivity contribution >= 4 is 11.9 Å². The normalized spacial score (nSPS) is 18.7. The van der Waals surface area contributed by atoms with Crippen LogP contribution < -0.4 is 0 Å². The Balaban J connectivity index is 2.19. The Bertz CT molecular complexity index is 535. The van der Waals surface area contributed by atoms with Crippen LogP contribution >= 0.6 is 0 Å². The van der Waals surface area contributed by atoms with E-state index in [1.165, 1.54) is 14.2 Å². The molecule has 1 aromatic rings. The van der Waals surface area contributed by atoms with Crippen LogP contribution in [0.15, 0.2) is 30.3 Å². The zero-order valence-electron chi connectivity index (χ0n) is 10.8. The summed E-state index contributed by atoms with van der Waals surface area (Å²) in [5.74, 6) is 4.40. The molecule has 2 rings (SSSR count). The number of carbonyl (C=O) groups is 2. The first kappa shape index (κ1) is 13.2. The van der Waals surface area contributed by atoms with Gasteiger partial charge in [-0.15, -0.1) is 0 Å². The van der Waals surface area contributed by atoms with Gasteiger partial charge in [0.2, 0.25) is 0 Å². The van der Waals surface area contributed by atoms with Gasteiger partial charge in [-0.2, -0.15) is 0 Å². The topological polar surface area (TPSA) is 52.6 Å². The number of rotatable bonds is 2. The first-order valence-electron chi connectivity index (χ1n) is 5.88. The summed E-state index contributed by atoms with van der Waals surface area (Å²) in [5, 5.41) is 0. The second kappa shape index (κ2) is 5.15. The van der Waals surface area contributed by atoms with Crippen molar-refractivity contribution in [2.75, 3.05) is 14.2 Å². The van der Waals surface area contributed by atoms with Gasteiger partial charge in [0, 0.05) is 11.5 Å². The highest BCUT2D eigenvalue weighted by atomic mass is 16.5. The molecule has 0 spiro atoms. The van der Waals surface area contributed by atoms with Crippen molar-refractivity contribution in [3.05, 3.63) is 35.9 Å². The van der Waals surface area contributed by atoms with Crippen molar-refractivity contribution in [3.63, 3.8) is 0 Å². The minimum absolute atomic E-state index is 0.340. The molecule has 1 aromatic carbocycles. The molecule has 1 fully saturated rings. The van der Waals surface area contributed by atoms with Gasteiger partial charge in [0.15, 0.2) is 5.41 Å². The predicted molar refractivity (Wildman–Crippen MR) is 67.9 cm³/mol. The molecule has 4 heteroatoms. The fourth-order valence-electron chi connectivity index (χ4n) is 2.03. The number of esters is 2. The summed E-state index contributed by atoms with van der Waals surface area (Å²) in [7, 11) is 2.51. The average molecular weight is 258 g/mol. The van der Waals surface area contributed by atoms with Gasteiger partial charge in [-0.05, 0) is 18.6 Å². The first-order valence-corrected chi connectivity index (χ1v) is 5.88. The molecule has 0 N–H and O–H groups in total. The minimum atomic E-state index is -1.23. The third-order valence-electron chi connectivity index (χ3n) is 3.22. The summed E-state index contributed by atoms with van der Waals surface area (Å²) in [5.41, 5.74) is -0.385. The van der Waals surface area contributed by atoms with Crippen LogP contribution in [-0.2, 0) is 19.1 Å². The van der Waals surface area contributed by atoms with Crippen LogP contribution in [0.1, 0.15) is 12.0 Å². The molecular weight excluding hydrogens is 244 g/mol. The molecule has 1 aliphatic rings. The van der Waals surface area contributed by atoms with Crippen molar-refractivity contribution < 1.29 is 19.1 Å². The smallest absolute Gasteiger partial charge is 0.324 e. The highest BCUT2D eigenvalue weighted by molar-refractivity contribution is 6.04. The van der Waals surface area contributed by atoms with Crippen molar-refractivity contribution in [1.82, 2.24) is 0 Å². The van der Waals surface area contributed by atoms with Crippen molar-refractivity contribution in [2.45, 2.75) is 6.42 Å². The average Bonchev–Trinajstić information content (AvgIpc) is 3.20. The molecule has 0 radical (unpaired) electrons. The third kappa shape index (κ3) is 2.32. The van der Waals surface area contributed by atoms with E-state index in [1.807, 2.05) is 30.3 Å². The summed E-state index contributed by atoms with van der Waals surface area (Å²) in [6.45, 7) is 0. The molecule has 1 unspecified atom stereocenters. The van der Waals surface area contributed by atoms with Crippen molar-refractivity contribution in [2.24, 2.45) is 11.3 Å². The SMILES string of the molecule is COC(=O)C1(C(=O)OC)CC1C#Cc1ccccc1. The zero-order valence-corrected chi connectivity index (χ0v) is 10.8. The van der Waals surface area contributed by atoms with E-state index < -0.39 is 17.4 Å². The Hall–Kier alpha value is -2.28. The molecule has 0 aromatic heterocycles. The fraction of sp³-hybridized carbons (Fsp3) is 0.333. The number of ether oxygens (including phenoxy) is 2.